The molecule has 0 radical (unpaired) electrons. The molecule has 6 heteroatoms. The highest BCUT2D eigenvalue weighted by molar-refractivity contribution is 9.10. The zero-order valence-electron chi connectivity index (χ0n) is 10.7. The molecule has 5 nitrogen and oxygen atoms in total. The molecular weight excluding hydrogens is 336 g/mol. The number of halogens is 1. The average molecular weight is 345 g/mol. The van der Waals surface area contributed by atoms with Crippen molar-refractivity contribution in [2.45, 2.75) is 0 Å². The molecule has 0 amide bonds. The minimum Gasteiger partial charge on any atom is -0.450 e. The highest BCUT2D eigenvalue weighted by Crippen LogP contribution is 2.32. The molecule has 0 fully saturated rings. The van der Waals surface area contributed by atoms with Crippen LogP contribution in [0.1, 0.15) is 0 Å². The molecule has 0 N–H and O–H groups in total. The first-order valence-corrected chi connectivity index (χ1v) is 6.88. The van der Waals surface area contributed by atoms with Crippen molar-refractivity contribution in [1.29, 1.82) is 0 Å². The summed E-state index contributed by atoms with van der Waals surface area (Å²) in [4.78, 5) is 14.2. The standard InChI is InChI=1S/C15H9BrN2O3/c16-12-3-1-11-8-13(4-2-10(11)7-12)21-15-5-6-17-9-14(15)18(19)20/h1-9H. The van der Waals surface area contributed by atoms with Crippen LogP contribution in [0.4, 0.5) is 5.69 Å². The number of nitrogens with zero attached hydrogens (tertiary/aromatic N) is 2. The van der Waals surface area contributed by atoms with Crippen LogP contribution < -0.4 is 4.74 Å². The Balaban J connectivity index is 1.99. The molecule has 104 valence electrons. The summed E-state index contributed by atoms with van der Waals surface area (Å²) < 4.78 is 6.61. The maximum atomic E-state index is 10.9. The molecule has 21 heavy (non-hydrogen) atoms. The molecule has 1 heterocycles. The van der Waals surface area contributed by atoms with Gasteiger partial charge in [0.15, 0.2) is 0 Å². The third-order valence-electron chi connectivity index (χ3n) is 2.96. The fraction of sp³-hybridized carbons (Fsp3) is 0. The van der Waals surface area contributed by atoms with Gasteiger partial charge in [-0.25, -0.2) is 0 Å². The molecule has 1 aromatic heterocycles. The molecule has 0 aliphatic rings. The van der Waals surface area contributed by atoms with E-state index in [0.717, 1.165) is 15.2 Å². The largest absolute Gasteiger partial charge is 0.450 e. The highest BCUT2D eigenvalue weighted by atomic mass is 79.9. The van der Waals surface area contributed by atoms with Crippen LogP contribution in [0.2, 0.25) is 0 Å². The van der Waals surface area contributed by atoms with Crippen molar-refractivity contribution in [3.8, 4) is 11.5 Å². The zero-order valence-corrected chi connectivity index (χ0v) is 12.3. The third-order valence-corrected chi connectivity index (χ3v) is 3.45. The second kappa shape index (κ2) is 5.49. The number of pyridine rings is 1. The number of hydrogen-bond acceptors (Lipinski definition) is 4. The lowest BCUT2D eigenvalue weighted by Gasteiger charge is -2.07. The molecule has 0 unspecified atom stereocenters. The van der Waals surface area contributed by atoms with Crippen LogP contribution >= 0.6 is 15.9 Å². The SMILES string of the molecule is O=[N+]([O-])c1cnccc1Oc1ccc2cc(Br)ccc2c1. The first-order valence-electron chi connectivity index (χ1n) is 6.09. The summed E-state index contributed by atoms with van der Waals surface area (Å²) in [5, 5.41) is 13.0. The highest BCUT2D eigenvalue weighted by Gasteiger charge is 2.15. The molecule has 0 aliphatic carbocycles. The van der Waals surface area contributed by atoms with E-state index in [1.807, 2.05) is 30.3 Å². The summed E-state index contributed by atoms with van der Waals surface area (Å²) in [7, 11) is 0. The molecule has 0 atom stereocenters. The van der Waals surface area contributed by atoms with Gasteiger partial charge in [-0.2, -0.15) is 0 Å². The number of hydrogen-bond donors (Lipinski definition) is 0. The smallest absolute Gasteiger partial charge is 0.329 e. The van der Waals surface area contributed by atoms with Crippen molar-refractivity contribution in [2.75, 3.05) is 0 Å². The van der Waals surface area contributed by atoms with Crippen molar-refractivity contribution < 1.29 is 9.66 Å². The van der Waals surface area contributed by atoms with E-state index in [2.05, 4.69) is 20.9 Å². The zero-order chi connectivity index (χ0) is 14.8. The van der Waals surface area contributed by atoms with E-state index < -0.39 is 4.92 Å². The Kier molecular flexibility index (Phi) is 3.53. The number of rotatable bonds is 3. The lowest BCUT2D eigenvalue weighted by Crippen LogP contribution is -1.94. The Hall–Kier alpha value is -2.47. The van der Waals surface area contributed by atoms with Crippen molar-refractivity contribution in [2.24, 2.45) is 0 Å². The number of aromatic nitrogens is 1. The number of fused-ring (bicyclic) bond motifs is 1. The van der Waals surface area contributed by atoms with E-state index in [9.17, 15) is 10.1 Å². The van der Waals surface area contributed by atoms with Crippen LogP contribution in [0, 0.1) is 10.1 Å². The Morgan fingerprint density at radius 3 is 2.67 bits per heavy atom. The summed E-state index contributed by atoms with van der Waals surface area (Å²) in [5.41, 5.74) is -0.159. The predicted octanol–water partition coefficient (Wildman–Crippen LogP) is 4.70. The summed E-state index contributed by atoms with van der Waals surface area (Å²) in [5.74, 6) is 0.714. The van der Waals surface area contributed by atoms with Gasteiger partial charge in [-0.3, -0.25) is 15.1 Å². The summed E-state index contributed by atoms with van der Waals surface area (Å²) >= 11 is 3.42. The number of ether oxygens (including phenoxy) is 1. The number of benzene rings is 2. The lowest BCUT2D eigenvalue weighted by molar-refractivity contribution is -0.386. The first kappa shape index (κ1) is 13.5. The molecule has 0 bridgehead atoms. The second-order valence-corrected chi connectivity index (χ2v) is 5.27. The molecule has 0 saturated heterocycles. The van der Waals surface area contributed by atoms with Crippen molar-refractivity contribution in [3.05, 3.63) is 69.4 Å². The topological polar surface area (TPSA) is 65.3 Å². The fourth-order valence-corrected chi connectivity index (χ4v) is 2.36. The fourth-order valence-electron chi connectivity index (χ4n) is 1.98. The molecular formula is C15H9BrN2O3. The van der Waals surface area contributed by atoms with Crippen LogP contribution in [0.25, 0.3) is 10.8 Å². The van der Waals surface area contributed by atoms with Gasteiger partial charge < -0.3 is 4.74 Å². The van der Waals surface area contributed by atoms with Crippen LogP contribution in [-0.4, -0.2) is 9.91 Å². The van der Waals surface area contributed by atoms with Gasteiger partial charge >= 0.3 is 5.69 Å². The van der Waals surface area contributed by atoms with E-state index in [0.29, 0.717) is 5.75 Å². The van der Waals surface area contributed by atoms with Gasteiger partial charge in [-0.15, -0.1) is 0 Å². The van der Waals surface area contributed by atoms with E-state index in [4.69, 9.17) is 4.74 Å². The van der Waals surface area contributed by atoms with Gasteiger partial charge in [0, 0.05) is 16.7 Å². The Bertz CT molecular complexity index is 836. The Morgan fingerprint density at radius 1 is 1.10 bits per heavy atom. The van der Waals surface area contributed by atoms with Crippen LogP contribution in [-0.2, 0) is 0 Å². The van der Waals surface area contributed by atoms with E-state index in [1.165, 1.54) is 18.5 Å². The van der Waals surface area contributed by atoms with E-state index >= 15 is 0 Å². The minimum atomic E-state index is -0.513. The average Bonchev–Trinajstić information content (AvgIpc) is 2.48. The maximum Gasteiger partial charge on any atom is 0.329 e. The van der Waals surface area contributed by atoms with E-state index in [-0.39, 0.29) is 11.4 Å². The van der Waals surface area contributed by atoms with Crippen LogP contribution in [0.3, 0.4) is 0 Å². The molecule has 3 rings (SSSR count). The first-order chi connectivity index (χ1) is 10.1. The molecule has 3 aromatic rings. The third kappa shape index (κ3) is 2.85. The van der Waals surface area contributed by atoms with Crippen LogP contribution in [0.15, 0.2) is 59.3 Å². The molecule has 2 aromatic carbocycles. The summed E-state index contributed by atoms with van der Waals surface area (Å²) in [6.45, 7) is 0. The van der Waals surface area contributed by atoms with Gasteiger partial charge in [0.25, 0.3) is 0 Å². The van der Waals surface area contributed by atoms with Gasteiger partial charge in [-0.1, -0.05) is 28.1 Å². The van der Waals surface area contributed by atoms with E-state index in [1.54, 1.807) is 6.07 Å². The summed E-state index contributed by atoms with van der Waals surface area (Å²) in [6.07, 6.45) is 2.63. The molecule has 0 saturated carbocycles. The monoisotopic (exact) mass is 344 g/mol. The van der Waals surface area contributed by atoms with Crippen molar-refractivity contribution in [1.82, 2.24) is 4.98 Å². The van der Waals surface area contributed by atoms with Gasteiger partial charge in [-0.05, 0) is 35.0 Å². The predicted molar refractivity (Wildman–Crippen MR) is 82.6 cm³/mol. The molecule has 0 spiro atoms. The second-order valence-electron chi connectivity index (χ2n) is 4.36. The number of nitro groups is 1. The van der Waals surface area contributed by atoms with Gasteiger partial charge in [0.05, 0.1) is 4.92 Å². The van der Waals surface area contributed by atoms with Crippen molar-refractivity contribution in [3.63, 3.8) is 0 Å². The normalized spacial score (nSPS) is 10.5. The maximum absolute atomic E-state index is 10.9. The molecule has 0 aliphatic heterocycles. The Morgan fingerprint density at radius 2 is 1.86 bits per heavy atom. The van der Waals surface area contributed by atoms with Crippen molar-refractivity contribution >= 4 is 32.4 Å². The van der Waals surface area contributed by atoms with Crippen LogP contribution in [0.5, 0.6) is 11.5 Å². The van der Waals surface area contributed by atoms with Gasteiger partial charge in [0.2, 0.25) is 5.75 Å². The Labute approximate surface area is 128 Å². The van der Waals surface area contributed by atoms with Gasteiger partial charge in [0.1, 0.15) is 11.9 Å². The lowest BCUT2D eigenvalue weighted by atomic mass is 10.1. The quantitative estimate of drug-likeness (QED) is 0.510. The minimum absolute atomic E-state index is 0.159. The summed E-state index contributed by atoms with van der Waals surface area (Å²) in [6, 6.07) is 12.9.